The van der Waals surface area contributed by atoms with Crippen LogP contribution in [0, 0.1) is 19.8 Å². The van der Waals surface area contributed by atoms with Gasteiger partial charge in [-0.2, -0.15) is 0 Å². The van der Waals surface area contributed by atoms with E-state index in [1.165, 1.54) is 21.3 Å². The Morgan fingerprint density at radius 1 is 0.830 bits per heavy atom. The molecule has 0 fully saturated rings. The number of aromatic amines is 2. The Bertz CT molecular complexity index is 2370. The van der Waals surface area contributed by atoms with Crippen molar-refractivity contribution in [2.75, 3.05) is 21.3 Å². The second-order valence-electron chi connectivity index (χ2n) is 13.5. The Hall–Kier alpha value is -6.04. The van der Waals surface area contributed by atoms with Gasteiger partial charge in [0.15, 0.2) is 0 Å². The van der Waals surface area contributed by atoms with Crippen molar-refractivity contribution in [2.24, 2.45) is 5.92 Å². The number of aryl methyl sites for hydroxylation is 3. The first-order valence-corrected chi connectivity index (χ1v) is 17.2. The zero-order valence-corrected chi connectivity index (χ0v) is 30.9. The maximum Gasteiger partial charge on any atom is 0.334 e. The van der Waals surface area contributed by atoms with Gasteiger partial charge in [-0.1, -0.05) is 24.8 Å². The van der Waals surface area contributed by atoms with Crippen LogP contribution in [-0.2, 0) is 45.2 Å². The fraction of sp³-hybridized carbons (Fsp3) is 0.317. The molecule has 53 heavy (non-hydrogen) atoms. The summed E-state index contributed by atoms with van der Waals surface area (Å²) in [5.74, 6) is -3.68. The lowest BCUT2D eigenvalue weighted by atomic mass is 9.64. The normalized spacial score (nSPS) is 17.8. The van der Waals surface area contributed by atoms with Crippen LogP contribution in [0.4, 0.5) is 0 Å². The largest absolute Gasteiger partial charge is 0.481 e. The number of fused-ring (bicyclic) bond motifs is 11. The standard InChI is InChI=1S/C41H42N4O8/c1-9-23-20(2)29-17-34-27-13-10-26(39(49)52-7)38(40(50)53-8)41(27,5)35(45-34)19-30-22(4)25(12-15-37(48)51-6)33(44-30)18-32-24(11-14-36(46)47)21(3)28(43-32)16-31(23)42-29/h9-10,13,16-19,38,42-43H,1,11-12,14-15H2,2-8H3,(H,46,47)/t38-,41+/m1/s1. The van der Waals surface area contributed by atoms with E-state index in [-0.39, 0.29) is 30.8 Å². The molecule has 3 aromatic heterocycles. The van der Waals surface area contributed by atoms with Crippen LogP contribution in [0.15, 0.2) is 48.6 Å². The molecular formula is C41H42N4O8. The minimum absolute atomic E-state index is 0.0739. The second-order valence-corrected chi connectivity index (χ2v) is 13.5. The molecule has 3 aromatic rings. The third-order valence-electron chi connectivity index (χ3n) is 10.7. The number of nitrogens with zero attached hydrogens (tertiary/aromatic N) is 2. The number of carbonyl (C=O) groups is 4. The Kier molecular flexibility index (Phi) is 9.83. The molecule has 274 valence electrons. The summed E-state index contributed by atoms with van der Waals surface area (Å²) in [4.78, 5) is 68.2. The molecule has 0 saturated heterocycles. The topological polar surface area (TPSA) is 174 Å². The van der Waals surface area contributed by atoms with Crippen molar-refractivity contribution in [3.63, 3.8) is 0 Å². The fourth-order valence-corrected chi connectivity index (χ4v) is 7.68. The number of aliphatic carboxylic acids is 1. The van der Waals surface area contributed by atoms with Gasteiger partial charge in [0.1, 0.15) is 5.92 Å². The van der Waals surface area contributed by atoms with Crippen LogP contribution >= 0.6 is 0 Å². The van der Waals surface area contributed by atoms with Gasteiger partial charge in [0.05, 0.1) is 55.1 Å². The molecule has 1 aliphatic carbocycles. The predicted octanol–water partition coefficient (Wildman–Crippen LogP) is 6.72. The highest BCUT2D eigenvalue weighted by molar-refractivity contribution is 6.02. The van der Waals surface area contributed by atoms with Crippen molar-refractivity contribution in [1.82, 2.24) is 19.9 Å². The molecule has 0 radical (unpaired) electrons. The van der Waals surface area contributed by atoms with Crippen LogP contribution in [0.1, 0.15) is 78.1 Å². The summed E-state index contributed by atoms with van der Waals surface area (Å²) in [5.41, 5.74) is 9.92. The van der Waals surface area contributed by atoms with Gasteiger partial charge in [0, 0.05) is 40.5 Å². The lowest BCUT2D eigenvalue weighted by molar-refractivity contribution is -0.149. The van der Waals surface area contributed by atoms with Crippen molar-refractivity contribution in [3.8, 4) is 0 Å². The number of nitrogens with one attached hydrogen (secondary N) is 2. The number of ether oxygens (including phenoxy) is 3. The monoisotopic (exact) mass is 718 g/mol. The molecule has 0 unspecified atom stereocenters. The van der Waals surface area contributed by atoms with E-state index >= 15 is 0 Å². The molecule has 3 N–H and O–H groups in total. The number of H-pyrrole nitrogens is 2. The second kappa shape index (κ2) is 14.2. The summed E-state index contributed by atoms with van der Waals surface area (Å²) >= 11 is 0. The van der Waals surface area contributed by atoms with Crippen molar-refractivity contribution in [3.05, 3.63) is 93.6 Å². The molecular weight excluding hydrogens is 676 g/mol. The average Bonchev–Trinajstić information content (AvgIpc) is 3.79. The number of carboxylic acids is 1. The van der Waals surface area contributed by atoms with Gasteiger partial charge in [0.25, 0.3) is 0 Å². The Morgan fingerprint density at radius 2 is 1.53 bits per heavy atom. The minimum Gasteiger partial charge on any atom is -0.481 e. The van der Waals surface area contributed by atoms with Crippen LogP contribution in [0.5, 0.6) is 0 Å². The van der Waals surface area contributed by atoms with Crippen molar-refractivity contribution in [2.45, 2.75) is 58.8 Å². The summed E-state index contributed by atoms with van der Waals surface area (Å²) in [6, 6.07) is 7.59. The summed E-state index contributed by atoms with van der Waals surface area (Å²) in [6.07, 6.45) is 5.79. The van der Waals surface area contributed by atoms with Gasteiger partial charge in [-0.05, 0) is 98.2 Å². The lowest BCUT2D eigenvalue weighted by Gasteiger charge is -2.36. The fourth-order valence-electron chi connectivity index (χ4n) is 7.68. The molecule has 12 heteroatoms. The quantitative estimate of drug-likeness (QED) is 0.159. The van der Waals surface area contributed by atoms with E-state index in [2.05, 4.69) is 16.5 Å². The minimum atomic E-state index is -1.18. The van der Waals surface area contributed by atoms with E-state index in [0.29, 0.717) is 40.3 Å². The van der Waals surface area contributed by atoms with Crippen LogP contribution in [-0.4, -0.2) is 70.2 Å². The predicted molar refractivity (Wildman–Crippen MR) is 201 cm³/mol. The number of hydrogen-bond acceptors (Lipinski definition) is 9. The van der Waals surface area contributed by atoms with Crippen LogP contribution < -0.4 is 0 Å². The van der Waals surface area contributed by atoms with Gasteiger partial charge in [-0.15, -0.1) is 0 Å². The molecule has 8 bridgehead atoms. The lowest BCUT2D eigenvalue weighted by Crippen LogP contribution is -2.42. The van der Waals surface area contributed by atoms with Gasteiger partial charge in [-0.3, -0.25) is 19.4 Å². The van der Waals surface area contributed by atoms with Crippen LogP contribution in [0.25, 0.3) is 44.9 Å². The van der Waals surface area contributed by atoms with E-state index in [9.17, 15) is 24.3 Å². The Labute approximate surface area is 306 Å². The summed E-state index contributed by atoms with van der Waals surface area (Å²) < 4.78 is 15.4. The van der Waals surface area contributed by atoms with Crippen molar-refractivity contribution in [1.29, 1.82) is 0 Å². The number of allylic oxidation sites excluding steroid dienone is 5. The number of hydrogen-bond donors (Lipinski definition) is 3. The van der Waals surface area contributed by atoms with Crippen LogP contribution in [0.2, 0.25) is 0 Å². The highest BCUT2D eigenvalue weighted by Crippen LogP contribution is 2.52. The van der Waals surface area contributed by atoms with E-state index in [1.807, 2.05) is 52.0 Å². The summed E-state index contributed by atoms with van der Waals surface area (Å²) in [7, 11) is 3.88. The van der Waals surface area contributed by atoms with Gasteiger partial charge >= 0.3 is 23.9 Å². The van der Waals surface area contributed by atoms with Crippen LogP contribution in [0.3, 0.4) is 0 Å². The summed E-state index contributed by atoms with van der Waals surface area (Å²) in [5, 5.41) is 9.61. The van der Waals surface area contributed by atoms with Gasteiger partial charge < -0.3 is 29.3 Å². The highest BCUT2D eigenvalue weighted by Gasteiger charge is 2.53. The maximum absolute atomic E-state index is 13.7. The van der Waals surface area contributed by atoms with E-state index in [1.54, 1.807) is 18.2 Å². The Balaban J connectivity index is 1.77. The molecule has 2 aliphatic heterocycles. The molecule has 2 atom stereocenters. The van der Waals surface area contributed by atoms with Gasteiger partial charge in [0.2, 0.25) is 0 Å². The number of rotatable bonds is 9. The molecule has 3 aliphatic rings. The zero-order valence-electron chi connectivity index (χ0n) is 30.9. The molecule has 0 spiro atoms. The molecule has 0 amide bonds. The number of carbonyl (C=O) groups excluding carboxylic acids is 3. The first-order chi connectivity index (χ1) is 25.3. The number of methoxy groups -OCH3 is 3. The first kappa shape index (κ1) is 36.7. The van der Waals surface area contributed by atoms with E-state index < -0.39 is 29.2 Å². The molecule has 6 rings (SSSR count). The first-order valence-electron chi connectivity index (χ1n) is 17.2. The highest BCUT2D eigenvalue weighted by atomic mass is 16.5. The van der Waals surface area contributed by atoms with Crippen molar-refractivity contribution < 1.29 is 38.5 Å². The summed E-state index contributed by atoms with van der Waals surface area (Å²) in [6.45, 7) is 11.8. The number of esters is 3. The third kappa shape index (κ3) is 6.28. The SMILES string of the molecule is C=Cc1c(C)c2cc3nc(cc4nc(cc5[nH]c(cc1[nH]2)c(C)c5CCC(=O)O)C(CCC(=O)OC)=C4C)[C@]1(C)C3=CC=C(C(=O)OC)[C@@H]1C(=O)OC. The molecule has 12 nitrogen and oxygen atoms in total. The average molecular weight is 719 g/mol. The van der Waals surface area contributed by atoms with Gasteiger partial charge in [-0.25, -0.2) is 9.78 Å². The Morgan fingerprint density at radius 3 is 2.19 bits per heavy atom. The molecule has 0 aromatic carbocycles. The van der Waals surface area contributed by atoms with E-state index in [4.69, 9.17) is 24.2 Å². The number of carboxylic acid groups (broad SMARTS) is 1. The maximum atomic E-state index is 13.7. The molecule has 0 saturated carbocycles. The zero-order chi connectivity index (χ0) is 38.4. The molecule has 5 heterocycles. The number of aromatic nitrogens is 4. The third-order valence-corrected chi connectivity index (χ3v) is 10.7. The smallest absolute Gasteiger partial charge is 0.334 e. The van der Waals surface area contributed by atoms with E-state index in [0.717, 1.165) is 50.0 Å². The van der Waals surface area contributed by atoms with Crippen molar-refractivity contribution >= 4 is 68.7 Å².